The quantitative estimate of drug-likeness (QED) is 0.135. The fourth-order valence-electron chi connectivity index (χ4n) is 8.60. The third kappa shape index (κ3) is 6.96. The Morgan fingerprint density at radius 1 is 0.955 bits per heavy atom. The number of allylic oxidation sites excluding steroid dienone is 2. The fourth-order valence-corrected chi connectivity index (χ4v) is 9.42. The highest BCUT2D eigenvalue weighted by atomic mass is 35.5. The molecule has 2 N–H and O–H groups in total. The van der Waals surface area contributed by atoms with Crippen LogP contribution in [0.3, 0.4) is 0 Å². The molecule has 0 aromatic heterocycles. The maximum Gasteiger partial charge on any atom is 0.315 e. The molecular formula is C34H47Cl2N3O5. The van der Waals surface area contributed by atoms with E-state index in [2.05, 4.69) is 23.8 Å². The Bertz CT molecular complexity index is 1170. The van der Waals surface area contributed by atoms with Crippen LogP contribution in [0.15, 0.2) is 25.3 Å². The number of halogens is 2. The number of carbonyl (C=O) groups is 5. The average Bonchev–Trinajstić information content (AvgIpc) is 3.53. The second-order valence-electron chi connectivity index (χ2n) is 13.9. The van der Waals surface area contributed by atoms with Crippen molar-refractivity contribution in [1.82, 2.24) is 15.5 Å². The van der Waals surface area contributed by atoms with Gasteiger partial charge in [0.25, 0.3) is 0 Å². The molecule has 1 heterocycles. The number of fused-ring (bicyclic) bond motifs is 3. The zero-order valence-corrected chi connectivity index (χ0v) is 27.1. The fraction of sp³-hybridized carbons (Fsp3) is 0.735. The van der Waals surface area contributed by atoms with Crippen molar-refractivity contribution in [2.45, 2.75) is 112 Å². The van der Waals surface area contributed by atoms with Crippen LogP contribution in [0.2, 0.25) is 0 Å². The summed E-state index contributed by atoms with van der Waals surface area (Å²) in [5.74, 6) is -2.09. The number of alkyl halides is 2. The highest BCUT2D eigenvalue weighted by molar-refractivity contribution is 6.51. The largest absolute Gasteiger partial charge is 0.335 e. The Morgan fingerprint density at radius 2 is 1.68 bits per heavy atom. The Labute approximate surface area is 271 Å². The molecule has 5 fully saturated rings. The van der Waals surface area contributed by atoms with Gasteiger partial charge in [0.2, 0.25) is 11.7 Å². The van der Waals surface area contributed by atoms with Gasteiger partial charge in [-0.25, -0.2) is 4.79 Å². The predicted octanol–water partition coefficient (Wildman–Crippen LogP) is 5.70. The normalized spacial score (nSPS) is 31.5. The van der Waals surface area contributed by atoms with Crippen LogP contribution in [0.4, 0.5) is 4.79 Å². The van der Waals surface area contributed by atoms with E-state index in [0.717, 1.165) is 51.4 Å². The number of likely N-dealkylation sites (tertiary alicyclic amines) is 1. The number of ketones is 3. The summed E-state index contributed by atoms with van der Waals surface area (Å²) >= 11 is 13.2. The van der Waals surface area contributed by atoms with E-state index in [-0.39, 0.29) is 55.0 Å². The molecule has 3 amide bonds. The highest BCUT2D eigenvalue weighted by Crippen LogP contribution is 2.65. The van der Waals surface area contributed by atoms with Gasteiger partial charge in [-0.1, -0.05) is 37.8 Å². The van der Waals surface area contributed by atoms with Crippen molar-refractivity contribution in [1.29, 1.82) is 0 Å². The summed E-state index contributed by atoms with van der Waals surface area (Å²) < 4.78 is -1.13. The minimum atomic E-state index is -1.13. The van der Waals surface area contributed by atoms with E-state index in [1.807, 2.05) is 0 Å². The molecule has 1 aliphatic heterocycles. The molecule has 8 nitrogen and oxygen atoms in total. The molecule has 8 atom stereocenters. The first kappa shape index (κ1) is 33.2. The van der Waals surface area contributed by atoms with Crippen molar-refractivity contribution < 1.29 is 24.0 Å². The number of Topliss-reactive ketones (excluding diaryl/α,β-unsaturated/α-hetero) is 3. The number of carbonyl (C=O) groups excluding carboxylic acids is 5. The van der Waals surface area contributed by atoms with Crippen molar-refractivity contribution in [3.63, 3.8) is 0 Å². The lowest BCUT2D eigenvalue weighted by atomic mass is 9.82. The molecular weight excluding hydrogens is 601 g/mol. The van der Waals surface area contributed by atoms with E-state index >= 15 is 0 Å². The Morgan fingerprint density at radius 3 is 2.32 bits per heavy atom. The van der Waals surface area contributed by atoms with Crippen molar-refractivity contribution in [3.05, 3.63) is 25.3 Å². The van der Waals surface area contributed by atoms with Crippen LogP contribution in [0.5, 0.6) is 0 Å². The number of hydrogen-bond acceptors (Lipinski definition) is 5. The summed E-state index contributed by atoms with van der Waals surface area (Å²) in [6, 6.07) is -1.86. The number of rotatable bonds is 15. The van der Waals surface area contributed by atoms with Gasteiger partial charge in [-0.3, -0.25) is 19.2 Å². The zero-order chi connectivity index (χ0) is 31.6. The standard InChI is InChI=1S/C34H47Cl2N3O5/c1-3-5-10-23(31(42)26(40)13-6-4-2)18-27(41)30-28-24(34(28,35)36)19-39(30)32(43)29(21-11-8-7-9-12-21)38-33(44)37-25-17-20-14-15-22(25)16-20/h3-4,20-25,28-30H,1-2,5-19H2,(H2,37,38,44)/t20?,22?,23?,24-,25?,28-,29-,30+/m0/s1. The molecule has 4 aliphatic carbocycles. The number of nitrogens with zero attached hydrogens (tertiary/aromatic N) is 1. The minimum absolute atomic E-state index is 0.0316. The van der Waals surface area contributed by atoms with Crippen molar-refractivity contribution in [2.75, 3.05) is 6.54 Å². The van der Waals surface area contributed by atoms with Crippen LogP contribution in [-0.2, 0) is 19.2 Å². The summed E-state index contributed by atoms with van der Waals surface area (Å²) in [4.78, 5) is 69.0. The molecule has 2 bridgehead atoms. The topological polar surface area (TPSA) is 113 Å². The lowest BCUT2D eigenvalue weighted by Gasteiger charge is -2.37. The number of amides is 3. The van der Waals surface area contributed by atoms with E-state index in [9.17, 15) is 24.0 Å². The second kappa shape index (κ2) is 14.1. The molecule has 10 heteroatoms. The molecule has 242 valence electrons. The molecule has 5 aliphatic rings. The smallest absolute Gasteiger partial charge is 0.315 e. The van der Waals surface area contributed by atoms with E-state index in [1.54, 1.807) is 17.1 Å². The SMILES string of the molecule is C=CCCC(=O)C(=O)C(CCC=C)CC(=O)[C@@H]1[C@@H]2[C@H](CN1C(=O)[C@@H](NC(=O)NC1CC3CCC1C3)C1CCCCC1)C2(Cl)Cl. The van der Waals surface area contributed by atoms with Crippen LogP contribution in [0.1, 0.15) is 89.9 Å². The van der Waals surface area contributed by atoms with Crippen LogP contribution < -0.4 is 10.6 Å². The summed E-state index contributed by atoms with van der Waals surface area (Å²) in [5, 5.41) is 6.20. The first-order chi connectivity index (χ1) is 21.1. The van der Waals surface area contributed by atoms with Crippen LogP contribution in [-0.4, -0.2) is 63.2 Å². The molecule has 1 saturated heterocycles. The first-order valence-electron chi connectivity index (χ1n) is 16.6. The van der Waals surface area contributed by atoms with Gasteiger partial charge < -0.3 is 15.5 Å². The Hall–Kier alpha value is -2.19. The van der Waals surface area contributed by atoms with Crippen LogP contribution in [0, 0.1) is 35.5 Å². The third-order valence-corrected chi connectivity index (χ3v) is 12.1. The van der Waals surface area contributed by atoms with Gasteiger partial charge in [-0.2, -0.15) is 0 Å². The Balaban J connectivity index is 1.32. The van der Waals surface area contributed by atoms with E-state index in [1.165, 1.54) is 6.42 Å². The molecule has 0 spiro atoms. The van der Waals surface area contributed by atoms with Gasteiger partial charge in [-0.05, 0) is 69.1 Å². The van der Waals surface area contributed by atoms with E-state index in [0.29, 0.717) is 31.1 Å². The van der Waals surface area contributed by atoms with Gasteiger partial charge in [0.1, 0.15) is 10.4 Å². The van der Waals surface area contributed by atoms with E-state index in [4.69, 9.17) is 23.2 Å². The number of piperidine rings is 1. The van der Waals surface area contributed by atoms with Crippen molar-refractivity contribution >= 4 is 52.5 Å². The van der Waals surface area contributed by atoms with E-state index < -0.39 is 39.8 Å². The summed E-state index contributed by atoms with van der Waals surface area (Å²) in [6.45, 7) is 7.56. The summed E-state index contributed by atoms with van der Waals surface area (Å²) in [7, 11) is 0. The monoisotopic (exact) mass is 647 g/mol. The lowest BCUT2D eigenvalue weighted by molar-refractivity contribution is -0.143. The number of nitrogens with one attached hydrogen (secondary N) is 2. The molecule has 44 heavy (non-hydrogen) atoms. The van der Waals surface area contributed by atoms with Gasteiger partial charge in [0, 0.05) is 43.2 Å². The molecule has 4 unspecified atom stereocenters. The highest BCUT2D eigenvalue weighted by Gasteiger charge is 2.73. The molecule has 0 aromatic carbocycles. The predicted molar refractivity (Wildman–Crippen MR) is 170 cm³/mol. The molecule has 0 radical (unpaired) electrons. The molecule has 4 saturated carbocycles. The van der Waals surface area contributed by atoms with Gasteiger partial charge in [-0.15, -0.1) is 36.4 Å². The van der Waals surface area contributed by atoms with Gasteiger partial charge in [0.15, 0.2) is 11.6 Å². The minimum Gasteiger partial charge on any atom is -0.335 e. The van der Waals surface area contributed by atoms with Crippen molar-refractivity contribution in [3.8, 4) is 0 Å². The third-order valence-electron chi connectivity index (χ3n) is 11.1. The van der Waals surface area contributed by atoms with Gasteiger partial charge >= 0.3 is 6.03 Å². The maximum absolute atomic E-state index is 14.4. The lowest BCUT2D eigenvalue weighted by Crippen LogP contribution is -2.59. The molecule has 5 rings (SSSR count). The Kier molecular flexibility index (Phi) is 10.6. The second-order valence-corrected chi connectivity index (χ2v) is 15.3. The van der Waals surface area contributed by atoms with Crippen LogP contribution >= 0.6 is 23.2 Å². The molecule has 0 aromatic rings. The number of hydrogen-bond donors (Lipinski definition) is 2. The van der Waals surface area contributed by atoms with Crippen LogP contribution in [0.25, 0.3) is 0 Å². The first-order valence-corrected chi connectivity index (χ1v) is 17.4. The van der Waals surface area contributed by atoms with Gasteiger partial charge in [0.05, 0.1) is 6.04 Å². The number of urea groups is 1. The maximum atomic E-state index is 14.4. The summed E-state index contributed by atoms with van der Waals surface area (Å²) in [6.07, 6.45) is 13.5. The zero-order valence-electron chi connectivity index (χ0n) is 25.6. The van der Waals surface area contributed by atoms with Crippen molar-refractivity contribution in [2.24, 2.45) is 35.5 Å². The summed E-state index contributed by atoms with van der Waals surface area (Å²) in [5.41, 5.74) is 0. The average molecular weight is 649 g/mol.